The standard InChI is InChI=1S/C36H40ClN3O5S/c1-5-45-31-19-17-30(18-20-31)40(46(43,44)32-21-15-27(4)16-22-32)25-35(41)39(24-29-13-9-10-14-33(29)37)34(36(42)38-26(2)3)23-28-11-7-6-8-12-28/h6-22,26,34H,5,23-25H2,1-4H3,(H,38,42)/t34-/m0/s1. The molecule has 10 heteroatoms. The fourth-order valence-electron chi connectivity index (χ4n) is 4.99. The third kappa shape index (κ3) is 8.89. The average Bonchev–Trinajstić information content (AvgIpc) is 3.03. The molecule has 0 spiro atoms. The zero-order chi connectivity index (χ0) is 33.3. The molecule has 4 rings (SSSR count). The van der Waals surface area contributed by atoms with Crippen LogP contribution in [0.2, 0.25) is 5.02 Å². The summed E-state index contributed by atoms with van der Waals surface area (Å²) in [5.74, 6) is -0.350. The van der Waals surface area contributed by atoms with E-state index in [2.05, 4.69) is 5.32 Å². The lowest BCUT2D eigenvalue weighted by Gasteiger charge is -2.34. The Kier molecular flexibility index (Phi) is 11.8. The van der Waals surface area contributed by atoms with Crippen LogP contribution < -0.4 is 14.4 Å². The number of carbonyl (C=O) groups excluding carboxylic acids is 2. The molecule has 0 saturated heterocycles. The highest BCUT2D eigenvalue weighted by molar-refractivity contribution is 7.92. The van der Waals surface area contributed by atoms with Gasteiger partial charge in [-0.15, -0.1) is 0 Å². The maximum absolute atomic E-state index is 14.5. The van der Waals surface area contributed by atoms with Gasteiger partial charge in [-0.25, -0.2) is 8.42 Å². The number of rotatable bonds is 14. The summed E-state index contributed by atoms with van der Waals surface area (Å²) in [4.78, 5) is 29.8. The van der Waals surface area contributed by atoms with Crippen molar-refractivity contribution in [1.29, 1.82) is 0 Å². The van der Waals surface area contributed by atoms with Crippen molar-refractivity contribution >= 4 is 39.1 Å². The highest BCUT2D eigenvalue weighted by atomic mass is 35.5. The summed E-state index contributed by atoms with van der Waals surface area (Å²) in [6.07, 6.45) is 0.212. The number of carbonyl (C=O) groups is 2. The molecular formula is C36H40ClN3O5S. The van der Waals surface area contributed by atoms with Crippen molar-refractivity contribution in [1.82, 2.24) is 10.2 Å². The van der Waals surface area contributed by atoms with Crippen molar-refractivity contribution < 1.29 is 22.7 Å². The van der Waals surface area contributed by atoms with Gasteiger partial charge in [-0.2, -0.15) is 0 Å². The van der Waals surface area contributed by atoms with E-state index in [4.69, 9.17) is 16.3 Å². The van der Waals surface area contributed by atoms with Crippen molar-refractivity contribution in [2.45, 2.75) is 57.6 Å². The van der Waals surface area contributed by atoms with Crippen LogP contribution in [0.1, 0.15) is 37.5 Å². The number of sulfonamides is 1. The third-order valence-corrected chi connectivity index (χ3v) is 9.48. The zero-order valence-electron chi connectivity index (χ0n) is 26.5. The molecule has 1 N–H and O–H groups in total. The molecule has 0 saturated carbocycles. The van der Waals surface area contributed by atoms with Crippen LogP contribution in [0.25, 0.3) is 0 Å². The SMILES string of the molecule is CCOc1ccc(N(CC(=O)N(Cc2ccccc2Cl)[C@@H](Cc2ccccc2)C(=O)NC(C)C)S(=O)(=O)c2ccc(C)cc2)cc1. The molecule has 0 radical (unpaired) electrons. The Hall–Kier alpha value is -4.34. The molecule has 1 atom stereocenters. The van der Waals surface area contributed by atoms with Crippen LogP contribution in [0.5, 0.6) is 5.75 Å². The molecule has 242 valence electrons. The van der Waals surface area contributed by atoms with Crippen LogP contribution in [0.3, 0.4) is 0 Å². The van der Waals surface area contributed by atoms with Crippen molar-refractivity contribution in [3.63, 3.8) is 0 Å². The Bertz CT molecular complexity index is 1710. The molecule has 4 aromatic rings. The number of benzene rings is 4. The molecule has 0 fully saturated rings. The molecule has 4 aromatic carbocycles. The van der Waals surface area contributed by atoms with Crippen molar-refractivity contribution in [3.05, 3.63) is 125 Å². The number of halogens is 1. The Labute approximate surface area is 277 Å². The number of amides is 2. The van der Waals surface area contributed by atoms with Gasteiger partial charge >= 0.3 is 0 Å². The van der Waals surface area contributed by atoms with E-state index < -0.39 is 28.5 Å². The minimum Gasteiger partial charge on any atom is -0.494 e. The summed E-state index contributed by atoms with van der Waals surface area (Å²) in [5.41, 5.74) is 2.65. The summed E-state index contributed by atoms with van der Waals surface area (Å²) in [6, 6.07) is 28.3. The molecule has 46 heavy (non-hydrogen) atoms. The Morgan fingerprint density at radius 3 is 2.11 bits per heavy atom. The van der Waals surface area contributed by atoms with E-state index in [1.807, 2.05) is 58.0 Å². The van der Waals surface area contributed by atoms with Crippen LogP contribution in [-0.4, -0.2) is 50.4 Å². The largest absolute Gasteiger partial charge is 0.494 e. The number of ether oxygens (including phenoxy) is 1. The van der Waals surface area contributed by atoms with Crippen molar-refractivity contribution in [2.24, 2.45) is 0 Å². The summed E-state index contributed by atoms with van der Waals surface area (Å²) >= 11 is 6.55. The summed E-state index contributed by atoms with van der Waals surface area (Å²) in [6.45, 7) is 7.29. The number of hydrogen-bond donors (Lipinski definition) is 1. The van der Waals surface area contributed by atoms with E-state index in [1.54, 1.807) is 60.7 Å². The fourth-order valence-corrected chi connectivity index (χ4v) is 6.60. The van der Waals surface area contributed by atoms with Crippen LogP contribution in [0.4, 0.5) is 5.69 Å². The second-order valence-electron chi connectivity index (χ2n) is 11.2. The van der Waals surface area contributed by atoms with Gasteiger partial charge in [0.2, 0.25) is 11.8 Å². The highest BCUT2D eigenvalue weighted by Gasteiger charge is 2.35. The molecule has 0 aliphatic rings. The average molecular weight is 662 g/mol. The fraction of sp³-hybridized carbons (Fsp3) is 0.278. The second kappa shape index (κ2) is 15.8. The monoisotopic (exact) mass is 661 g/mol. The first-order chi connectivity index (χ1) is 22.0. The molecule has 0 heterocycles. The molecule has 0 aromatic heterocycles. The first kappa shape index (κ1) is 34.5. The molecule has 2 amide bonds. The van der Waals surface area contributed by atoms with Gasteiger partial charge in [0, 0.05) is 24.0 Å². The van der Waals surface area contributed by atoms with Gasteiger partial charge < -0.3 is 15.0 Å². The number of hydrogen-bond acceptors (Lipinski definition) is 5. The van der Waals surface area contributed by atoms with Crippen LogP contribution in [0.15, 0.2) is 108 Å². The molecule has 0 aliphatic carbocycles. The number of nitrogens with one attached hydrogen (secondary N) is 1. The summed E-state index contributed by atoms with van der Waals surface area (Å²) in [5, 5.41) is 3.38. The lowest BCUT2D eigenvalue weighted by atomic mass is 10.0. The van der Waals surface area contributed by atoms with E-state index in [0.717, 1.165) is 15.4 Å². The van der Waals surface area contributed by atoms with Gasteiger partial charge in [0.15, 0.2) is 0 Å². The maximum Gasteiger partial charge on any atom is 0.264 e. The van der Waals surface area contributed by atoms with Crippen molar-refractivity contribution in [2.75, 3.05) is 17.5 Å². The third-order valence-electron chi connectivity index (χ3n) is 7.32. The smallest absolute Gasteiger partial charge is 0.264 e. The van der Waals surface area contributed by atoms with Gasteiger partial charge in [-0.1, -0.05) is 77.8 Å². The van der Waals surface area contributed by atoms with Crippen molar-refractivity contribution in [3.8, 4) is 5.75 Å². The molecular weight excluding hydrogens is 622 g/mol. The first-order valence-corrected chi connectivity index (χ1v) is 17.0. The van der Waals surface area contributed by atoms with Gasteiger partial charge in [0.05, 0.1) is 17.2 Å². The van der Waals surface area contributed by atoms with Crippen LogP contribution in [-0.2, 0) is 32.6 Å². The van der Waals surface area contributed by atoms with E-state index >= 15 is 0 Å². The zero-order valence-corrected chi connectivity index (χ0v) is 28.1. The summed E-state index contributed by atoms with van der Waals surface area (Å²) < 4.78 is 35.0. The molecule has 0 aliphatic heterocycles. The molecule has 0 bridgehead atoms. The van der Waals surface area contributed by atoms with E-state index in [1.165, 1.54) is 17.0 Å². The second-order valence-corrected chi connectivity index (χ2v) is 13.5. The van der Waals surface area contributed by atoms with Crippen LogP contribution >= 0.6 is 11.6 Å². The Balaban J connectivity index is 1.81. The Morgan fingerprint density at radius 1 is 0.870 bits per heavy atom. The minimum absolute atomic E-state index is 0.0107. The maximum atomic E-state index is 14.5. The van der Waals surface area contributed by atoms with Gasteiger partial charge in [-0.05, 0) is 81.3 Å². The quantitative estimate of drug-likeness (QED) is 0.169. The summed E-state index contributed by atoms with van der Waals surface area (Å²) in [7, 11) is -4.21. The van der Waals surface area contributed by atoms with Crippen LogP contribution in [0, 0.1) is 6.92 Å². The first-order valence-electron chi connectivity index (χ1n) is 15.2. The highest BCUT2D eigenvalue weighted by Crippen LogP contribution is 2.28. The number of nitrogens with zero attached hydrogens (tertiary/aromatic N) is 2. The molecule has 0 unspecified atom stereocenters. The van der Waals surface area contributed by atoms with E-state index in [-0.39, 0.29) is 35.5 Å². The predicted octanol–water partition coefficient (Wildman–Crippen LogP) is 6.41. The lowest BCUT2D eigenvalue weighted by Crippen LogP contribution is -2.54. The van der Waals surface area contributed by atoms with E-state index in [0.29, 0.717) is 22.9 Å². The van der Waals surface area contributed by atoms with E-state index in [9.17, 15) is 18.0 Å². The topological polar surface area (TPSA) is 96.0 Å². The predicted molar refractivity (Wildman–Crippen MR) is 183 cm³/mol. The van der Waals surface area contributed by atoms with Gasteiger partial charge in [0.25, 0.3) is 10.0 Å². The number of anilines is 1. The number of aryl methyl sites for hydroxylation is 1. The van der Waals surface area contributed by atoms with Gasteiger partial charge in [0.1, 0.15) is 18.3 Å². The minimum atomic E-state index is -4.21. The molecule has 8 nitrogen and oxygen atoms in total. The lowest BCUT2D eigenvalue weighted by molar-refractivity contribution is -0.140. The Morgan fingerprint density at radius 2 is 1.50 bits per heavy atom. The normalized spacial score (nSPS) is 12.0. The van der Waals surface area contributed by atoms with Gasteiger partial charge in [-0.3, -0.25) is 13.9 Å².